The number of hydrogen-bond acceptors (Lipinski definition) is 3. The van der Waals surface area contributed by atoms with Gasteiger partial charge in [0.25, 0.3) is 0 Å². The van der Waals surface area contributed by atoms with Gasteiger partial charge in [-0.3, -0.25) is 4.79 Å². The summed E-state index contributed by atoms with van der Waals surface area (Å²) in [4.78, 5) is 14.2. The number of methoxy groups -OCH3 is 1. The van der Waals surface area contributed by atoms with Crippen LogP contribution < -0.4 is 4.74 Å². The standard InChI is InChI=1S/C15H21NO2S/c1-11-14-10-13(18-2)5-4-12(14)6-8-16(11)15(17)7-9-19-3/h4-5,10-11H,6-9H2,1-3H3/t11-/m0/s1. The first-order valence-corrected chi connectivity index (χ1v) is 8.02. The highest BCUT2D eigenvalue weighted by molar-refractivity contribution is 7.98. The van der Waals surface area contributed by atoms with Gasteiger partial charge in [-0.15, -0.1) is 0 Å². The van der Waals surface area contributed by atoms with Gasteiger partial charge in [0.1, 0.15) is 5.75 Å². The summed E-state index contributed by atoms with van der Waals surface area (Å²) >= 11 is 1.72. The minimum absolute atomic E-state index is 0.146. The van der Waals surface area contributed by atoms with Crippen molar-refractivity contribution in [3.8, 4) is 5.75 Å². The lowest BCUT2D eigenvalue weighted by Gasteiger charge is -2.35. The Morgan fingerprint density at radius 2 is 2.32 bits per heavy atom. The van der Waals surface area contributed by atoms with Crippen LogP contribution in [0.3, 0.4) is 0 Å². The van der Waals surface area contributed by atoms with Gasteiger partial charge in [-0.25, -0.2) is 0 Å². The largest absolute Gasteiger partial charge is 0.497 e. The first-order valence-electron chi connectivity index (χ1n) is 6.62. The number of benzene rings is 1. The first-order chi connectivity index (χ1) is 9.17. The van der Waals surface area contributed by atoms with Crippen LogP contribution in [0.1, 0.15) is 30.5 Å². The van der Waals surface area contributed by atoms with Gasteiger partial charge in [-0.1, -0.05) is 6.07 Å². The molecule has 4 heteroatoms. The van der Waals surface area contributed by atoms with Crippen molar-refractivity contribution >= 4 is 17.7 Å². The van der Waals surface area contributed by atoms with Gasteiger partial charge in [0.2, 0.25) is 5.91 Å². The van der Waals surface area contributed by atoms with E-state index in [4.69, 9.17) is 4.74 Å². The Balaban J connectivity index is 2.18. The summed E-state index contributed by atoms with van der Waals surface area (Å²) in [6.07, 6.45) is 3.60. The molecule has 1 aromatic rings. The predicted molar refractivity (Wildman–Crippen MR) is 79.8 cm³/mol. The van der Waals surface area contributed by atoms with Crippen LogP contribution in [-0.4, -0.2) is 36.5 Å². The van der Waals surface area contributed by atoms with Crippen molar-refractivity contribution in [1.29, 1.82) is 0 Å². The van der Waals surface area contributed by atoms with Crippen molar-refractivity contribution in [2.75, 3.05) is 25.7 Å². The van der Waals surface area contributed by atoms with E-state index in [1.54, 1.807) is 18.9 Å². The molecule has 104 valence electrons. The number of amides is 1. The molecule has 1 heterocycles. The Kier molecular flexibility index (Phi) is 4.75. The number of thioether (sulfide) groups is 1. The van der Waals surface area contributed by atoms with Crippen LogP contribution in [0.4, 0.5) is 0 Å². The van der Waals surface area contributed by atoms with Gasteiger partial charge in [0.05, 0.1) is 13.2 Å². The maximum absolute atomic E-state index is 12.2. The average Bonchev–Trinajstić information content (AvgIpc) is 2.45. The van der Waals surface area contributed by atoms with E-state index in [0.29, 0.717) is 6.42 Å². The van der Waals surface area contributed by atoms with Crippen LogP contribution in [0.15, 0.2) is 18.2 Å². The van der Waals surface area contributed by atoms with Crippen LogP contribution in [-0.2, 0) is 11.2 Å². The molecule has 1 atom stereocenters. The summed E-state index contributed by atoms with van der Waals surface area (Å²) in [6.45, 7) is 2.93. The highest BCUT2D eigenvalue weighted by Gasteiger charge is 2.27. The molecule has 0 radical (unpaired) electrons. The van der Waals surface area contributed by atoms with Crippen molar-refractivity contribution in [3.63, 3.8) is 0 Å². The van der Waals surface area contributed by atoms with E-state index >= 15 is 0 Å². The molecular weight excluding hydrogens is 258 g/mol. The maximum atomic E-state index is 12.2. The lowest BCUT2D eigenvalue weighted by Crippen LogP contribution is -2.39. The monoisotopic (exact) mass is 279 g/mol. The Labute approximate surface area is 119 Å². The van der Waals surface area contributed by atoms with Gasteiger partial charge >= 0.3 is 0 Å². The van der Waals surface area contributed by atoms with Crippen molar-refractivity contribution in [3.05, 3.63) is 29.3 Å². The number of ether oxygens (including phenoxy) is 1. The molecule has 0 bridgehead atoms. The topological polar surface area (TPSA) is 29.5 Å². The summed E-state index contributed by atoms with van der Waals surface area (Å²) in [5.41, 5.74) is 2.56. The molecule has 0 aromatic heterocycles. The first kappa shape index (κ1) is 14.3. The van der Waals surface area contributed by atoms with Gasteiger partial charge in [0, 0.05) is 18.7 Å². The maximum Gasteiger partial charge on any atom is 0.223 e. The number of hydrogen-bond donors (Lipinski definition) is 0. The highest BCUT2D eigenvalue weighted by Crippen LogP contribution is 2.32. The van der Waals surface area contributed by atoms with Crippen molar-refractivity contribution in [2.24, 2.45) is 0 Å². The third kappa shape index (κ3) is 3.06. The summed E-state index contributed by atoms with van der Waals surface area (Å²) < 4.78 is 5.28. The Morgan fingerprint density at radius 1 is 1.53 bits per heavy atom. The molecule has 0 aliphatic carbocycles. The number of nitrogens with zero attached hydrogens (tertiary/aromatic N) is 1. The van der Waals surface area contributed by atoms with Crippen LogP contribution >= 0.6 is 11.8 Å². The van der Waals surface area contributed by atoms with E-state index in [9.17, 15) is 4.79 Å². The number of fused-ring (bicyclic) bond motifs is 1. The van der Waals surface area contributed by atoms with E-state index in [1.165, 1.54) is 11.1 Å². The fourth-order valence-corrected chi connectivity index (χ4v) is 2.97. The smallest absolute Gasteiger partial charge is 0.223 e. The number of rotatable bonds is 4. The second-order valence-corrected chi connectivity index (χ2v) is 5.81. The molecule has 0 spiro atoms. The zero-order chi connectivity index (χ0) is 13.8. The normalized spacial score (nSPS) is 18.1. The Hall–Kier alpha value is -1.16. The van der Waals surface area contributed by atoms with E-state index in [1.807, 2.05) is 17.2 Å². The summed E-state index contributed by atoms with van der Waals surface area (Å²) in [6, 6.07) is 6.33. The van der Waals surface area contributed by atoms with Gasteiger partial charge in [-0.2, -0.15) is 11.8 Å². The molecule has 19 heavy (non-hydrogen) atoms. The minimum atomic E-state index is 0.146. The molecule has 1 aromatic carbocycles. The second-order valence-electron chi connectivity index (χ2n) is 4.82. The fraction of sp³-hybridized carbons (Fsp3) is 0.533. The zero-order valence-electron chi connectivity index (χ0n) is 11.8. The van der Waals surface area contributed by atoms with E-state index < -0.39 is 0 Å². The number of carbonyl (C=O) groups excluding carboxylic acids is 1. The number of carbonyl (C=O) groups is 1. The lowest BCUT2D eigenvalue weighted by atomic mass is 9.93. The molecule has 0 fully saturated rings. The summed E-state index contributed by atoms with van der Waals surface area (Å²) in [5, 5.41) is 0. The summed E-state index contributed by atoms with van der Waals surface area (Å²) in [5.74, 6) is 2.02. The van der Waals surface area contributed by atoms with Crippen LogP contribution in [0.2, 0.25) is 0 Å². The molecule has 3 nitrogen and oxygen atoms in total. The van der Waals surface area contributed by atoms with Crippen molar-refractivity contribution < 1.29 is 9.53 Å². The van der Waals surface area contributed by atoms with Crippen LogP contribution in [0.25, 0.3) is 0 Å². The molecule has 0 saturated carbocycles. The fourth-order valence-electron chi connectivity index (χ4n) is 2.59. The molecule has 0 unspecified atom stereocenters. The zero-order valence-corrected chi connectivity index (χ0v) is 12.6. The van der Waals surface area contributed by atoms with Crippen molar-refractivity contribution in [2.45, 2.75) is 25.8 Å². The molecular formula is C15H21NO2S. The van der Waals surface area contributed by atoms with Crippen molar-refractivity contribution in [1.82, 2.24) is 4.90 Å². The molecule has 0 N–H and O–H groups in total. The molecule has 2 rings (SSSR count). The van der Waals surface area contributed by atoms with E-state index in [0.717, 1.165) is 24.5 Å². The predicted octanol–water partition coefficient (Wildman–Crippen LogP) is 2.89. The Bertz CT molecular complexity index is 461. The van der Waals surface area contributed by atoms with Gasteiger partial charge < -0.3 is 9.64 Å². The SMILES string of the molecule is COc1ccc2c(c1)[C@H](C)N(C(=O)CCSC)CC2. The third-order valence-electron chi connectivity index (χ3n) is 3.73. The highest BCUT2D eigenvalue weighted by atomic mass is 32.2. The lowest BCUT2D eigenvalue weighted by molar-refractivity contribution is -0.133. The van der Waals surface area contributed by atoms with E-state index in [-0.39, 0.29) is 11.9 Å². The summed E-state index contributed by atoms with van der Waals surface area (Å²) in [7, 11) is 1.68. The average molecular weight is 279 g/mol. The van der Waals surface area contributed by atoms with Gasteiger partial charge in [0.15, 0.2) is 0 Å². The second kappa shape index (κ2) is 6.33. The molecule has 1 amide bonds. The van der Waals surface area contributed by atoms with Crippen LogP contribution in [0.5, 0.6) is 5.75 Å². The van der Waals surface area contributed by atoms with Gasteiger partial charge in [-0.05, 0) is 42.9 Å². The Morgan fingerprint density at radius 3 is 3.00 bits per heavy atom. The van der Waals surface area contributed by atoms with E-state index in [2.05, 4.69) is 19.1 Å². The molecule has 1 aliphatic heterocycles. The minimum Gasteiger partial charge on any atom is -0.497 e. The third-order valence-corrected chi connectivity index (χ3v) is 4.35. The van der Waals surface area contributed by atoms with Crippen LogP contribution in [0, 0.1) is 0 Å². The molecule has 1 aliphatic rings. The molecule has 0 saturated heterocycles. The quantitative estimate of drug-likeness (QED) is 0.849.